The molecule has 68 valence electrons. The van der Waals surface area contributed by atoms with E-state index >= 15 is 0 Å². The van der Waals surface area contributed by atoms with Gasteiger partial charge in [-0.25, -0.2) is 0 Å². The maximum Gasteiger partial charge on any atom is 0.323 e. The number of carbonyl (C=O) groups is 2. The average Bonchev–Trinajstić information content (AvgIpc) is 2.17. The lowest BCUT2D eigenvalue weighted by Gasteiger charge is -2.11. The molecule has 1 saturated heterocycles. The van der Waals surface area contributed by atoms with Gasteiger partial charge in [-0.1, -0.05) is 6.92 Å². The Bertz CT molecular complexity index is 217. The van der Waals surface area contributed by atoms with Gasteiger partial charge in [0.05, 0.1) is 5.92 Å². The van der Waals surface area contributed by atoms with Crippen molar-refractivity contribution in [1.29, 1.82) is 0 Å². The van der Waals surface area contributed by atoms with E-state index in [0.717, 1.165) is 0 Å². The van der Waals surface area contributed by atoms with E-state index in [2.05, 4.69) is 0 Å². The molecule has 5 nitrogen and oxygen atoms in total. The van der Waals surface area contributed by atoms with Crippen molar-refractivity contribution in [3.05, 3.63) is 0 Å². The molecule has 5 heteroatoms. The van der Waals surface area contributed by atoms with Crippen molar-refractivity contribution in [1.82, 2.24) is 4.90 Å². The number of nitrogens with zero attached hydrogens (tertiary/aromatic N) is 1. The topological polar surface area (TPSA) is 83.6 Å². The molecule has 0 radical (unpaired) electrons. The van der Waals surface area contributed by atoms with Gasteiger partial charge in [0.25, 0.3) is 0 Å². The molecule has 1 amide bonds. The summed E-state index contributed by atoms with van der Waals surface area (Å²) in [7, 11) is 0. The fraction of sp³-hybridized carbons (Fsp3) is 0.714. The number of hydrogen-bond acceptors (Lipinski definition) is 3. The Hall–Kier alpha value is -1.10. The van der Waals surface area contributed by atoms with Crippen LogP contribution < -0.4 is 5.73 Å². The van der Waals surface area contributed by atoms with Crippen LogP contribution in [0.5, 0.6) is 0 Å². The van der Waals surface area contributed by atoms with E-state index in [0.29, 0.717) is 6.54 Å². The summed E-state index contributed by atoms with van der Waals surface area (Å²) in [6.45, 7) is 1.83. The lowest BCUT2D eigenvalue weighted by molar-refractivity contribution is -0.143. The fourth-order valence-corrected chi connectivity index (χ4v) is 1.28. The van der Waals surface area contributed by atoms with E-state index in [1.807, 2.05) is 0 Å². The maximum atomic E-state index is 11.2. The van der Waals surface area contributed by atoms with E-state index in [9.17, 15) is 9.59 Å². The number of rotatable bonds is 2. The van der Waals surface area contributed by atoms with Crippen LogP contribution in [0.1, 0.15) is 6.92 Å². The second-order valence-electron chi connectivity index (χ2n) is 3.07. The molecule has 12 heavy (non-hydrogen) atoms. The van der Waals surface area contributed by atoms with Crippen LogP contribution in [0, 0.1) is 5.92 Å². The molecule has 0 aliphatic carbocycles. The van der Waals surface area contributed by atoms with Crippen molar-refractivity contribution in [2.45, 2.75) is 13.0 Å². The summed E-state index contributed by atoms with van der Waals surface area (Å²) in [6.07, 6.45) is 0. The molecule has 2 atom stereocenters. The summed E-state index contributed by atoms with van der Waals surface area (Å²) in [5, 5.41) is 8.43. The highest BCUT2D eigenvalue weighted by Gasteiger charge is 2.35. The predicted octanol–water partition coefficient (Wildman–Crippen LogP) is -1.12. The molecule has 1 aliphatic heterocycles. The Kier molecular flexibility index (Phi) is 2.32. The third-order valence-corrected chi connectivity index (χ3v) is 2.10. The zero-order valence-electron chi connectivity index (χ0n) is 6.86. The SMILES string of the molecule is CC1C(=O)N(CC(=O)O)C[C@H]1N. The van der Waals surface area contributed by atoms with Crippen LogP contribution in [0.3, 0.4) is 0 Å². The van der Waals surface area contributed by atoms with Gasteiger partial charge in [0.2, 0.25) is 5.91 Å². The van der Waals surface area contributed by atoms with Crippen molar-refractivity contribution >= 4 is 11.9 Å². The monoisotopic (exact) mass is 172 g/mol. The molecule has 0 spiro atoms. The molecule has 1 aliphatic rings. The van der Waals surface area contributed by atoms with Crippen molar-refractivity contribution in [3.8, 4) is 0 Å². The highest BCUT2D eigenvalue weighted by molar-refractivity contribution is 5.85. The zero-order chi connectivity index (χ0) is 9.30. The van der Waals surface area contributed by atoms with Crippen LogP contribution in [-0.4, -0.2) is 41.0 Å². The number of carboxylic acids is 1. The largest absolute Gasteiger partial charge is 0.480 e. The van der Waals surface area contributed by atoms with Crippen molar-refractivity contribution in [3.63, 3.8) is 0 Å². The number of carbonyl (C=O) groups excluding carboxylic acids is 1. The molecule has 1 unspecified atom stereocenters. The van der Waals surface area contributed by atoms with E-state index in [-0.39, 0.29) is 24.4 Å². The fourth-order valence-electron chi connectivity index (χ4n) is 1.28. The Morgan fingerprint density at radius 1 is 1.83 bits per heavy atom. The minimum absolute atomic E-state index is 0.162. The standard InChI is InChI=1S/C7H12N2O3/c1-4-5(8)2-9(7(4)12)3-6(10)11/h4-5H,2-3,8H2,1H3,(H,10,11)/t4?,5-/m1/s1. The highest BCUT2D eigenvalue weighted by atomic mass is 16.4. The van der Waals surface area contributed by atoms with Gasteiger partial charge in [0.15, 0.2) is 0 Å². The third kappa shape index (κ3) is 1.55. The van der Waals surface area contributed by atoms with Crippen LogP contribution in [0.15, 0.2) is 0 Å². The van der Waals surface area contributed by atoms with E-state index in [4.69, 9.17) is 10.8 Å². The van der Waals surface area contributed by atoms with Gasteiger partial charge in [0.1, 0.15) is 6.54 Å². The van der Waals surface area contributed by atoms with Crippen LogP contribution in [0.25, 0.3) is 0 Å². The smallest absolute Gasteiger partial charge is 0.323 e. The first-order valence-electron chi connectivity index (χ1n) is 3.78. The summed E-state index contributed by atoms with van der Waals surface area (Å²) >= 11 is 0. The second kappa shape index (κ2) is 3.10. The molecular formula is C7H12N2O3. The lowest BCUT2D eigenvalue weighted by atomic mass is 10.1. The zero-order valence-corrected chi connectivity index (χ0v) is 6.86. The highest BCUT2D eigenvalue weighted by Crippen LogP contribution is 2.15. The Balaban J connectivity index is 2.59. The second-order valence-corrected chi connectivity index (χ2v) is 3.07. The quantitative estimate of drug-likeness (QED) is 0.552. The lowest BCUT2D eigenvalue weighted by Crippen LogP contribution is -2.32. The van der Waals surface area contributed by atoms with Crippen LogP contribution in [-0.2, 0) is 9.59 Å². The van der Waals surface area contributed by atoms with Crippen LogP contribution in [0.4, 0.5) is 0 Å². The Morgan fingerprint density at radius 3 is 2.75 bits per heavy atom. The normalized spacial score (nSPS) is 29.5. The van der Waals surface area contributed by atoms with E-state index < -0.39 is 5.97 Å². The van der Waals surface area contributed by atoms with Gasteiger partial charge < -0.3 is 15.7 Å². The molecule has 0 aromatic heterocycles. The van der Waals surface area contributed by atoms with Crippen LogP contribution in [0.2, 0.25) is 0 Å². The maximum absolute atomic E-state index is 11.2. The Morgan fingerprint density at radius 2 is 2.42 bits per heavy atom. The van der Waals surface area contributed by atoms with Gasteiger partial charge in [0, 0.05) is 12.6 Å². The number of nitrogens with two attached hydrogens (primary N) is 1. The first-order valence-corrected chi connectivity index (χ1v) is 3.78. The molecule has 3 N–H and O–H groups in total. The van der Waals surface area contributed by atoms with Gasteiger partial charge in [-0.05, 0) is 0 Å². The number of aliphatic carboxylic acids is 1. The summed E-state index contributed by atoms with van der Waals surface area (Å²) in [5.41, 5.74) is 5.58. The molecule has 0 bridgehead atoms. The number of amides is 1. The molecule has 0 aromatic carbocycles. The summed E-state index contributed by atoms with van der Waals surface area (Å²) in [4.78, 5) is 22.8. The van der Waals surface area contributed by atoms with Gasteiger partial charge >= 0.3 is 5.97 Å². The first-order chi connectivity index (χ1) is 5.52. The Labute approximate surface area is 70.1 Å². The molecule has 1 fully saturated rings. The summed E-state index contributed by atoms with van der Waals surface area (Å²) in [5.74, 6) is -1.40. The van der Waals surface area contributed by atoms with Gasteiger partial charge in [-0.2, -0.15) is 0 Å². The molecule has 0 saturated carbocycles. The van der Waals surface area contributed by atoms with Crippen LogP contribution >= 0.6 is 0 Å². The first kappa shape index (κ1) is 8.99. The van der Waals surface area contributed by atoms with Crippen molar-refractivity contribution in [2.24, 2.45) is 11.7 Å². The number of likely N-dealkylation sites (tertiary alicyclic amines) is 1. The van der Waals surface area contributed by atoms with Crippen molar-refractivity contribution < 1.29 is 14.7 Å². The number of hydrogen-bond donors (Lipinski definition) is 2. The molecule has 0 aromatic rings. The molecule has 1 rings (SSSR count). The van der Waals surface area contributed by atoms with Gasteiger partial charge in [-0.15, -0.1) is 0 Å². The van der Waals surface area contributed by atoms with Gasteiger partial charge in [-0.3, -0.25) is 9.59 Å². The number of carboxylic acid groups (broad SMARTS) is 1. The minimum Gasteiger partial charge on any atom is -0.480 e. The minimum atomic E-state index is -0.996. The van der Waals surface area contributed by atoms with Crippen molar-refractivity contribution in [2.75, 3.05) is 13.1 Å². The summed E-state index contributed by atoms with van der Waals surface area (Å²) in [6, 6.07) is -0.225. The average molecular weight is 172 g/mol. The predicted molar refractivity (Wildman–Crippen MR) is 41.4 cm³/mol. The van der Waals surface area contributed by atoms with E-state index in [1.54, 1.807) is 6.92 Å². The molecule has 1 heterocycles. The molecular weight excluding hydrogens is 160 g/mol. The van der Waals surface area contributed by atoms with E-state index in [1.165, 1.54) is 4.90 Å². The summed E-state index contributed by atoms with van der Waals surface area (Å²) < 4.78 is 0. The third-order valence-electron chi connectivity index (χ3n) is 2.10.